The van der Waals surface area contributed by atoms with E-state index in [4.69, 9.17) is 0 Å². The topological polar surface area (TPSA) is 74.8 Å². The Labute approximate surface area is 125 Å². The monoisotopic (exact) mass is 290 g/mol. The first-order valence-corrected chi connectivity index (χ1v) is 7.63. The predicted molar refractivity (Wildman–Crippen MR) is 80.6 cm³/mol. The maximum absolute atomic E-state index is 12.4. The quantitative estimate of drug-likeness (QED) is 0.776. The van der Waals surface area contributed by atoms with Gasteiger partial charge in [-0.25, -0.2) is 4.79 Å². The molecule has 0 radical (unpaired) electrons. The van der Waals surface area contributed by atoms with Gasteiger partial charge in [0.25, 0.3) is 5.91 Å². The molecule has 4 N–H and O–H groups in total. The van der Waals surface area contributed by atoms with E-state index >= 15 is 0 Å². The van der Waals surface area contributed by atoms with E-state index < -0.39 is 6.03 Å². The van der Waals surface area contributed by atoms with Crippen LogP contribution in [0, 0.1) is 0 Å². The van der Waals surface area contributed by atoms with Gasteiger partial charge in [-0.3, -0.25) is 10.1 Å². The number of hydrogen-bond donors (Lipinski definition) is 3. The SMILES string of the molecule is CNC(=O)NC(=O)[C@@H]([NH2+]C1CCCCC1)c1ccccc1. The van der Waals surface area contributed by atoms with Crippen LogP contribution in [0.3, 0.4) is 0 Å². The van der Waals surface area contributed by atoms with E-state index in [2.05, 4.69) is 16.0 Å². The zero-order valence-corrected chi connectivity index (χ0v) is 12.5. The van der Waals surface area contributed by atoms with Gasteiger partial charge in [0.15, 0.2) is 6.04 Å². The Kier molecular flexibility index (Phi) is 5.75. The Bertz CT molecular complexity index is 470. The fraction of sp³-hybridized carbons (Fsp3) is 0.500. The molecule has 21 heavy (non-hydrogen) atoms. The Morgan fingerprint density at radius 1 is 1.14 bits per heavy atom. The number of carbonyl (C=O) groups is 2. The van der Waals surface area contributed by atoms with E-state index in [0.29, 0.717) is 6.04 Å². The lowest BCUT2D eigenvalue weighted by atomic mass is 9.94. The molecule has 0 spiro atoms. The molecule has 1 atom stereocenters. The first-order valence-electron chi connectivity index (χ1n) is 7.63. The van der Waals surface area contributed by atoms with Crippen molar-refractivity contribution in [2.24, 2.45) is 0 Å². The predicted octanol–water partition coefficient (Wildman–Crippen LogP) is 1.08. The summed E-state index contributed by atoms with van der Waals surface area (Å²) in [7, 11) is 1.50. The number of imide groups is 1. The lowest BCUT2D eigenvalue weighted by molar-refractivity contribution is -0.718. The van der Waals surface area contributed by atoms with Crippen LogP contribution in [0.5, 0.6) is 0 Å². The fourth-order valence-electron chi connectivity index (χ4n) is 2.86. The number of nitrogens with two attached hydrogens (primary N) is 1. The molecule has 1 aliphatic rings. The molecule has 0 aromatic heterocycles. The summed E-state index contributed by atoms with van der Waals surface area (Å²) in [5, 5.41) is 6.94. The fourth-order valence-corrected chi connectivity index (χ4v) is 2.86. The molecule has 5 heteroatoms. The lowest BCUT2D eigenvalue weighted by Gasteiger charge is -2.24. The maximum atomic E-state index is 12.4. The van der Waals surface area contributed by atoms with E-state index in [9.17, 15) is 9.59 Å². The average molecular weight is 290 g/mol. The van der Waals surface area contributed by atoms with Gasteiger partial charge in [0.05, 0.1) is 6.04 Å². The van der Waals surface area contributed by atoms with Crippen molar-refractivity contribution in [1.82, 2.24) is 10.6 Å². The molecule has 1 aromatic carbocycles. The number of quaternary nitrogens is 1. The van der Waals surface area contributed by atoms with Crippen molar-refractivity contribution in [3.05, 3.63) is 35.9 Å². The van der Waals surface area contributed by atoms with E-state index in [1.54, 1.807) is 0 Å². The van der Waals surface area contributed by atoms with Crippen LogP contribution in [0.4, 0.5) is 4.79 Å². The molecule has 1 saturated carbocycles. The van der Waals surface area contributed by atoms with Crippen LogP contribution < -0.4 is 16.0 Å². The zero-order valence-electron chi connectivity index (χ0n) is 12.5. The lowest BCUT2D eigenvalue weighted by Crippen LogP contribution is -2.93. The van der Waals surface area contributed by atoms with Crippen LogP contribution in [0.1, 0.15) is 43.7 Å². The van der Waals surface area contributed by atoms with E-state index in [1.807, 2.05) is 30.3 Å². The maximum Gasteiger partial charge on any atom is 0.321 e. The highest BCUT2D eigenvalue weighted by Crippen LogP contribution is 2.17. The molecule has 0 bridgehead atoms. The summed E-state index contributed by atoms with van der Waals surface area (Å²) < 4.78 is 0. The molecule has 2 rings (SSSR count). The minimum atomic E-state index is -0.460. The molecule has 1 fully saturated rings. The van der Waals surface area contributed by atoms with E-state index in [0.717, 1.165) is 18.4 Å². The van der Waals surface area contributed by atoms with Gasteiger partial charge in [0, 0.05) is 12.6 Å². The molecule has 1 aliphatic carbocycles. The molecule has 114 valence electrons. The molecule has 0 saturated heterocycles. The van der Waals surface area contributed by atoms with Gasteiger partial charge >= 0.3 is 6.03 Å². The van der Waals surface area contributed by atoms with Crippen molar-refractivity contribution >= 4 is 11.9 Å². The van der Waals surface area contributed by atoms with Crippen molar-refractivity contribution in [3.8, 4) is 0 Å². The van der Waals surface area contributed by atoms with Gasteiger partial charge in [-0.1, -0.05) is 36.8 Å². The molecule has 5 nitrogen and oxygen atoms in total. The summed E-state index contributed by atoms with van der Waals surface area (Å²) in [5.74, 6) is -0.258. The van der Waals surface area contributed by atoms with Crippen LogP contribution in [-0.2, 0) is 4.79 Å². The Morgan fingerprint density at radius 2 is 1.81 bits per heavy atom. The average Bonchev–Trinajstić information content (AvgIpc) is 2.54. The van der Waals surface area contributed by atoms with Crippen molar-refractivity contribution in [2.45, 2.75) is 44.2 Å². The molecule has 1 aromatic rings. The minimum Gasteiger partial charge on any atom is -0.341 e. The Balaban J connectivity index is 2.09. The van der Waals surface area contributed by atoms with Crippen molar-refractivity contribution in [1.29, 1.82) is 0 Å². The van der Waals surface area contributed by atoms with E-state index in [1.165, 1.54) is 26.3 Å². The van der Waals surface area contributed by atoms with Gasteiger partial charge in [0.1, 0.15) is 0 Å². The van der Waals surface area contributed by atoms with Crippen LogP contribution in [0.15, 0.2) is 30.3 Å². The first-order chi connectivity index (χ1) is 10.2. The number of urea groups is 1. The smallest absolute Gasteiger partial charge is 0.321 e. The number of amides is 3. The number of carbonyl (C=O) groups excluding carboxylic acids is 2. The molecular formula is C16H24N3O2+. The van der Waals surface area contributed by atoms with Gasteiger partial charge in [-0.05, 0) is 25.7 Å². The van der Waals surface area contributed by atoms with Crippen molar-refractivity contribution < 1.29 is 14.9 Å². The molecule has 3 amide bonds. The third kappa shape index (κ3) is 4.56. The second-order valence-corrected chi connectivity index (χ2v) is 5.55. The highest BCUT2D eigenvalue weighted by molar-refractivity contribution is 5.96. The number of rotatable bonds is 4. The summed E-state index contributed by atoms with van der Waals surface area (Å²) >= 11 is 0. The standard InChI is InChI=1S/C16H23N3O2/c1-17-16(21)19-15(20)14(12-8-4-2-5-9-12)18-13-10-6-3-7-11-13/h2,4-5,8-9,13-14,18H,3,6-7,10-11H2,1H3,(H2,17,19,20,21)/p+1/t14-/m0/s1. The highest BCUT2D eigenvalue weighted by atomic mass is 16.2. The van der Waals surface area contributed by atoms with Gasteiger partial charge in [0.2, 0.25) is 0 Å². The summed E-state index contributed by atoms with van der Waals surface area (Å²) in [6.07, 6.45) is 6.00. The largest absolute Gasteiger partial charge is 0.341 e. The number of benzene rings is 1. The minimum absolute atomic E-state index is 0.258. The zero-order chi connectivity index (χ0) is 15.1. The third-order valence-corrected chi connectivity index (χ3v) is 4.02. The third-order valence-electron chi connectivity index (χ3n) is 4.02. The molecule has 0 heterocycles. The first kappa shape index (κ1) is 15.5. The Morgan fingerprint density at radius 3 is 2.43 bits per heavy atom. The highest BCUT2D eigenvalue weighted by Gasteiger charge is 2.29. The van der Waals surface area contributed by atoms with Gasteiger partial charge < -0.3 is 10.6 Å². The van der Waals surface area contributed by atoms with Crippen molar-refractivity contribution in [2.75, 3.05) is 7.05 Å². The normalized spacial score (nSPS) is 17.0. The van der Waals surface area contributed by atoms with Crippen LogP contribution in [-0.4, -0.2) is 25.0 Å². The van der Waals surface area contributed by atoms with Crippen LogP contribution >= 0.6 is 0 Å². The number of hydrogen-bond acceptors (Lipinski definition) is 2. The second-order valence-electron chi connectivity index (χ2n) is 5.55. The molecular weight excluding hydrogens is 266 g/mol. The molecule has 0 aliphatic heterocycles. The van der Waals surface area contributed by atoms with Gasteiger partial charge in [-0.2, -0.15) is 0 Å². The van der Waals surface area contributed by atoms with Crippen molar-refractivity contribution in [3.63, 3.8) is 0 Å². The number of nitrogens with one attached hydrogen (secondary N) is 2. The van der Waals surface area contributed by atoms with E-state index in [-0.39, 0.29) is 11.9 Å². The summed E-state index contributed by atoms with van der Waals surface area (Å²) in [4.78, 5) is 23.8. The van der Waals surface area contributed by atoms with Crippen LogP contribution in [0.2, 0.25) is 0 Å². The summed E-state index contributed by atoms with van der Waals surface area (Å²) in [5.41, 5.74) is 0.935. The van der Waals surface area contributed by atoms with Gasteiger partial charge in [-0.15, -0.1) is 0 Å². The Hall–Kier alpha value is -1.88. The summed E-state index contributed by atoms with van der Waals surface area (Å²) in [6, 6.07) is 9.27. The second kappa shape index (κ2) is 7.78. The summed E-state index contributed by atoms with van der Waals surface area (Å²) in [6.45, 7) is 0. The molecule has 0 unspecified atom stereocenters. The van der Waals surface area contributed by atoms with Crippen LogP contribution in [0.25, 0.3) is 0 Å².